The molecule has 2 N–H and O–H groups in total. The molecule has 2 heterocycles. The Kier molecular flexibility index (Phi) is 5.93. The Bertz CT molecular complexity index is 646. The number of hydrogen-bond acceptors (Lipinski definition) is 4. The fraction of sp³-hybridized carbons (Fsp3) is 0.556. The maximum atomic E-state index is 12.6. The number of amides is 2. The zero-order valence-corrected chi connectivity index (χ0v) is 15.1. The summed E-state index contributed by atoms with van der Waals surface area (Å²) >= 11 is 6.30. The normalized spacial score (nSPS) is 24.0. The Balaban J connectivity index is 1.67. The molecule has 0 aliphatic carbocycles. The van der Waals surface area contributed by atoms with E-state index in [1.54, 1.807) is 18.2 Å². The van der Waals surface area contributed by atoms with Gasteiger partial charge in [-0.15, -0.1) is 0 Å². The number of nitrogens with zero attached hydrogens (tertiary/aromatic N) is 1. The lowest BCUT2D eigenvalue weighted by Crippen LogP contribution is -2.53. The maximum absolute atomic E-state index is 12.6. The van der Waals surface area contributed by atoms with Crippen LogP contribution in [0.2, 0.25) is 5.02 Å². The minimum absolute atomic E-state index is 0.0430. The summed E-state index contributed by atoms with van der Waals surface area (Å²) in [4.78, 5) is 26.8. The van der Waals surface area contributed by atoms with Gasteiger partial charge in [-0.25, -0.2) is 0 Å². The number of anilines is 1. The second-order valence-electron chi connectivity index (χ2n) is 6.54. The highest BCUT2D eigenvalue weighted by Crippen LogP contribution is 2.24. The molecule has 2 amide bonds. The highest BCUT2D eigenvalue weighted by molar-refractivity contribution is 6.34. The Hall–Kier alpha value is -1.63. The second-order valence-corrected chi connectivity index (χ2v) is 6.95. The first-order chi connectivity index (χ1) is 12.1. The molecule has 0 bridgehead atoms. The van der Waals surface area contributed by atoms with Crippen LogP contribution in [0.15, 0.2) is 18.2 Å². The van der Waals surface area contributed by atoms with E-state index in [1.165, 1.54) is 6.42 Å². The molecule has 2 aliphatic heterocycles. The molecule has 0 saturated carbocycles. The molecule has 2 fully saturated rings. The van der Waals surface area contributed by atoms with E-state index in [1.807, 2.05) is 11.8 Å². The van der Waals surface area contributed by atoms with Crippen LogP contribution in [0.25, 0.3) is 0 Å². The standard InChI is InChI=1S/C18H24ClN3O3/c1-12-16(20-7-10-25-12)17(23)21-13-5-6-14(15(19)11-13)18(24)22-8-3-2-4-9-22/h5-6,11-12,16,20H,2-4,7-10H2,1H3,(H,21,23)/t12-,16+/m1/s1. The maximum Gasteiger partial charge on any atom is 0.255 e. The van der Waals surface area contributed by atoms with Gasteiger partial charge in [-0.3, -0.25) is 9.59 Å². The number of hydrogen-bond donors (Lipinski definition) is 2. The lowest BCUT2D eigenvalue weighted by molar-refractivity contribution is -0.123. The van der Waals surface area contributed by atoms with Crippen molar-refractivity contribution in [2.24, 2.45) is 0 Å². The predicted molar refractivity (Wildman–Crippen MR) is 97.0 cm³/mol. The summed E-state index contributed by atoms with van der Waals surface area (Å²) in [6, 6.07) is 4.63. The van der Waals surface area contributed by atoms with E-state index < -0.39 is 6.04 Å². The van der Waals surface area contributed by atoms with E-state index in [0.717, 1.165) is 25.9 Å². The zero-order chi connectivity index (χ0) is 17.8. The Morgan fingerprint density at radius 2 is 2.04 bits per heavy atom. The summed E-state index contributed by atoms with van der Waals surface area (Å²) in [7, 11) is 0. The number of benzene rings is 1. The van der Waals surface area contributed by atoms with E-state index in [-0.39, 0.29) is 17.9 Å². The number of morpholine rings is 1. The van der Waals surface area contributed by atoms with Crippen LogP contribution in [0.1, 0.15) is 36.5 Å². The monoisotopic (exact) mass is 365 g/mol. The Labute approximate surface area is 152 Å². The van der Waals surface area contributed by atoms with Crippen molar-refractivity contribution in [3.05, 3.63) is 28.8 Å². The first-order valence-electron chi connectivity index (χ1n) is 8.81. The van der Waals surface area contributed by atoms with Crippen molar-refractivity contribution in [3.8, 4) is 0 Å². The number of piperidine rings is 1. The fourth-order valence-corrected chi connectivity index (χ4v) is 3.54. The van der Waals surface area contributed by atoms with Gasteiger partial charge in [0.05, 0.1) is 23.3 Å². The van der Waals surface area contributed by atoms with Crippen molar-refractivity contribution in [1.29, 1.82) is 0 Å². The molecule has 2 atom stereocenters. The molecule has 2 aliphatic rings. The van der Waals surface area contributed by atoms with E-state index in [0.29, 0.717) is 29.4 Å². The smallest absolute Gasteiger partial charge is 0.255 e. The Morgan fingerprint density at radius 1 is 1.28 bits per heavy atom. The van der Waals surface area contributed by atoms with Crippen LogP contribution in [0, 0.1) is 0 Å². The van der Waals surface area contributed by atoms with Crippen LogP contribution in [-0.4, -0.2) is 55.1 Å². The minimum Gasteiger partial charge on any atom is -0.375 e. The number of rotatable bonds is 3. The molecule has 3 rings (SSSR count). The first-order valence-corrected chi connectivity index (χ1v) is 9.19. The average molecular weight is 366 g/mol. The third kappa shape index (κ3) is 4.32. The van der Waals surface area contributed by atoms with Gasteiger partial charge in [0.1, 0.15) is 6.04 Å². The van der Waals surface area contributed by atoms with Crippen LogP contribution in [0.5, 0.6) is 0 Å². The molecule has 0 spiro atoms. The van der Waals surface area contributed by atoms with Crippen molar-refractivity contribution in [2.45, 2.75) is 38.3 Å². The molecule has 0 radical (unpaired) electrons. The molecular weight excluding hydrogens is 342 g/mol. The summed E-state index contributed by atoms with van der Waals surface area (Å²) in [5.74, 6) is -0.211. The lowest BCUT2D eigenvalue weighted by atomic mass is 10.1. The number of ether oxygens (including phenoxy) is 1. The van der Waals surface area contributed by atoms with Gasteiger partial charge in [0, 0.05) is 25.3 Å². The summed E-state index contributed by atoms with van der Waals surface area (Å²) < 4.78 is 5.49. The highest BCUT2D eigenvalue weighted by Gasteiger charge is 2.28. The van der Waals surface area contributed by atoms with Gasteiger partial charge in [-0.05, 0) is 44.4 Å². The predicted octanol–water partition coefficient (Wildman–Crippen LogP) is 2.28. The molecule has 136 valence electrons. The molecule has 0 unspecified atom stereocenters. The third-order valence-corrected chi connectivity index (χ3v) is 5.02. The van der Waals surface area contributed by atoms with Crippen LogP contribution in [-0.2, 0) is 9.53 Å². The number of nitrogens with one attached hydrogen (secondary N) is 2. The summed E-state index contributed by atoms with van der Waals surface area (Å²) in [5.41, 5.74) is 1.05. The third-order valence-electron chi connectivity index (χ3n) is 4.71. The van der Waals surface area contributed by atoms with E-state index in [9.17, 15) is 9.59 Å². The number of carbonyl (C=O) groups excluding carboxylic acids is 2. The van der Waals surface area contributed by atoms with Crippen molar-refractivity contribution >= 4 is 29.1 Å². The van der Waals surface area contributed by atoms with Crippen LogP contribution < -0.4 is 10.6 Å². The van der Waals surface area contributed by atoms with Gasteiger partial charge in [0.15, 0.2) is 0 Å². The minimum atomic E-state index is -0.401. The highest BCUT2D eigenvalue weighted by atomic mass is 35.5. The van der Waals surface area contributed by atoms with Gasteiger partial charge in [0.2, 0.25) is 5.91 Å². The molecule has 1 aromatic rings. The topological polar surface area (TPSA) is 70.7 Å². The van der Waals surface area contributed by atoms with Crippen molar-refractivity contribution in [1.82, 2.24) is 10.2 Å². The molecule has 6 nitrogen and oxygen atoms in total. The largest absolute Gasteiger partial charge is 0.375 e. The molecule has 25 heavy (non-hydrogen) atoms. The lowest BCUT2D eigenvalue weighted by Gasteiger charge is -2.29. The molecule has 0 aromatic heterocycles. The van der Waals surface area contributed by atoms with Crippen LogP contribution in [0.3, 0.4) is 0 Å². The number of halogens is 1. The van der Waals surface area contributed by atoms with Gasteiger partial charge in [-0.2, -0.15) is 0 Å². The average Bonchev–Trinajstić information content (AvgIpc) is 2.62. The first kappa shape index (κ1) is 18.2. The van der Waals surface area contributed by atoms with E-state index in [4.69, 9.17) is 16.3 Å². The van der Waals surface area contributed by atoms with Crippen LogP contribution >= 0.6 is 11.6 Å². The van der Waals surface area contributed by atoms with Crippen LogP contribution in [0.4, 0.5) is 5.69 Å². The fourth-order valence-electron chi connectivity index (χ4n) is 3.28. The second kappa shape index (κ2) is 8.17. The van der Waals surface area contributed by atoms with Crippen molar-refractivity contribution in [3.63, 3.8) is 0 Å². The van der Waals surface area contributed by atoms with Gasteiger partial charge >= 0.3 is 0 Å². The van der Waals surface area contributed by atoms with Gasteiger partial charge in [0.25, 0.3) is 5.91 Å². The quantitative estimate of drug-likeness (QED) is 0.862. The number of likely N-dealkylation sites (tertiary alicyclic amines) is 1. The molecular formula is C18H24ClN3O3. The van der Waals surface area contributed by atoms with E-state index >= 15 is 0 Å². The van der Waals surface area contributed by atoms with Gasteiger partial charge < -0.3 is 20.3 Å². The number of carbonyl (C=O) groups is 2. The van der Waals surface area contributed by atoms with Crippen molar-refractivity contribution < 1.29 is 14.3 Å². The zero-order valence-electron chi connectivity index (χ0n) is 14.4. The van der Waals surface area contributed by atoms with E-state index in [2.05, 4.69) is 10.6 Å². The summed E-state index contributed by atoms with van der Waals surface area (Å²) in [6.45, 7) is 4.66. The summed E-state index contributed by atoms with van der Waals surface area (Å²) in [6.07, 6.45) is 3.04. The summed E-state index contributed by atoms with van der Waals surface area (Å²) in [5, 5.41) is 6.34. The van der Waals surface area contributed by atoms with Crippen molar-refractivity contribution in [2.75, 3.05) is 31.6 Å². The SMILES string of the molecule is C[C@H]1OCCN[C@@H]1C(=O)Nc1ccc(C(=O)N2CCCCC2)c(Cl)c1. The Morgan fingerprint density at radius 3 is 2.72 bits per heavy atom. The molecule has 2 saturated heterocycles. The van der Waals surface area contributed by atoms with Gasteiger partial charge in [-0.1, -0.05) is 11.6 Å². The molecule has 7 heteroatoms. The molecule has 1 aromatic carbocycles.